The standard InChI is InChI=1S/C52H34N2O/c1-3-14-35(15-4-1)37-26-30-40(31-27-37)53(45-24-13-19-39-18-7-8-20-42(39)45)48-34-47-50(52-51(48)44-22-10-12-25-49(44)55-52)43-21-9-11-23-46(43)54(47)41-32-28-38(29-33-41)36-16-5-2-6-17-36/h1-34H. The highest BCUT2D eigenvalue weighted by Gasteiger charge is 2.26. The second kappa shape index (κ2) is 12.6. The van der Waals surface area contributed by atoms with E-state index in [9.17, 15) is 0 Å². The van der Waals surface area contributed by atoms with Crippen LogP contribution in [0.2, 0.25) is 0 Å². The lowest BCUT2D eigenvalue weighted by Gasteiger charge is -2.28. The normalized spacial score (nSPS) is 11.6. The summed E-state index contributed by atoms with van der Waals surface area (Å²) >= 11 is 0. The van der Waals surface area contributed by atoms with Gasteiger partial charge in [-0.2, -0.15) is 0 Å². The summed E-state index contributed by atoms with van der Waals surface area (Å²) in [6.45, 7) is 0. The molecule has 3 heteroatoms. The second-order valence-corrected chi connectivity index (χ2v) is 14.1. The summed E-state index contributed by atoms with van der Waals surface area (Å²) in [7, 11) is 0. The summed E-state index contributed by atoms with van der Waals surface area (Å²) in [6, 6.07) is 73.8. The zero-order valence-corrected chi connectivity index (χ0v) is 29.9. The highest BCUT2D eigenvalue weighted by molar-refractivity contribution is 6.28. The number of furan rings is 1. The number of hydrogen-bond donors (Lipinski definition) is 0. The fraction of sp³-hybridized carbons (Fsp3) is 0. The molecule has 0 atom stereocenters. The van der Waals surface area contributed by atoms with Crippen LogP contribution in [0.5, 0.6) is 0 Å². The smallest absolute Gasteiger partial charge is 0.147 e. The molecule has 11 rings (SSSR count). The Morgan fingerprint density at radius 1 is 0.382 bits per heavy atom. The van der Waals surface area contributed by atoms with Gasteiger partial charge in [0.2, 0.25) is 0 Å². The van der Waals surface area contributed by atoms with E-state index in [2.05, 4.69) is 216 Å². The van der Waals surface area contributed by atoms with Crippen LogP contribution in [0.4, 0.5) is 17.1 Å². The first-order chi connectivity index (χ1) is 27.3. The molecule has 0 unspecified atom stereocenters. The van der Waals surface area contributed by atoms with Gasteiger partial charge in [0.25, 0.3) is 0 Å². The summed E-state index contributed by atoms with van der Waals surface area (Å²) in [4.78, 5) is 2.43. The van der Waals surface area contributed by atoms with E-state index in [0.717, 1.165) is 66.5 Å². The molecule has 258 valence electrons. The van der Waals surface area contributed by atoms with Crippen molar-refractivity contribution in [3.05, 3.63) is 206 Å². The van der Waals surface area contributed by atoms with Gasteiger partial charge in [-0.1, -0.05) is 158 Å². The highest BCUT2D eigenvalue weighted by atomic mass is 16.3. The summed E-state index contributed by atoms with van der Waals surface area (Å²) < 4.78 is 9.39. The van der Waals surface area contributed by atoms with Crippen molar-refractivity contribution in [3.8, 4) is 27.9 Å². The molecule has 0 N–H and O–H groups in total. The van der Waals surface area contributed by atoms with E-state index in [1.165, 1.54) is 33.0 Å². The van der Waals surface area contributed by atoms with Crippen LogP contribution in [0.25, 0.3) is 82.5 Å². The molecule has 0 spiro atoms. The van der Waals surface area contributed by atoms with Gasteiger partial charge in [-0.3, -0.25) is 0 Å². The molecule has 0 saturated heterocycles. The molecule has 0 amide bonds. The minimum Gasteiger partial charge on any atom is -0.455 e. The number of hydrogen-bond acceptors (Lipinski definition) is 2. The van der Waals surface area contributed by atoms with Crippen molar-refractivity contribution in [2.24, 2.45) is 0 Å². The molecule has 11 aromatic rings. The minimum absolute atomic E-state index is 0.868. The van der Waals surface area contributed by atoms with Gasteiger partial charge in [-0.15, -0.1) is 0 Å². The Balaban J connectivity index is 1.24. The van der Waals surface area contributed by atoms with Crippen LogP contribution in [-0.2, 0) is 0 Å². The first-order valence-electron chi connectivity index (χ1n) is 18.8. The maximum absolute atomic E-state index is 6.99. The van der Waals surface area contributed by atoms with Gasteiger partial charge in [0.1, 0.15) is 11.2 Å². The number of rotatable bonds is 6. The Hall–Kier alpha value is -7.36. The third-order valence-electron chi connectivity index (χ3n) is 11.0. The number of benzene rings is 9. The largest absolute Gasteiger partial charge is 0.455 e. The number of nitrogens with zero attached hydrogens (tertiary/aromatic N) is 2. The SMILES string of the molecule is c1ccc(-c2ccc(N(c3cccc4ccccc34)c3cc4c(c5ccccc5n4-c4ccc(-c5ccccc5)cc4)c4oc5ccccc5c34)cc2)cc1. The lowest BCUT2D eigenvalue weighted by Crippen LogP contribution is -2.11. The van der Waals surface area contributed by atoms with Gasteiger partial charge in [0.05, 0.1) is 33.2 Å². The zero-order valence-electron chi connectivity index (χ0n) is 29.9. The third kappa shape index (κ3) is 5.05. The molecular weight excluding hydrogens is 669 g/mol. The van der Waals surface area contributed by atoms with E-state index < -0.39 is 0 Å². The van der Waals surface area contributed by atoms with Gasteiger partial charge in [0, 0.05) is 27.5 Å². The minimum atomic E-state index is 0.868. The molecule has 3 nitrogen and oxygen atoms in total. The van der Waals surface area contributed by atoms with Crippen molar-refractivity contribution in [3.63, 3.8) is 0 Å². The molecule has 2 aromatic heterocycles. The molecule has 55 heavy (non-hydrogen) atoms. The first kappa shape index (κ1) is 31.2. The van der Waals surface area contributed by atoms with Crippen LogP contribution in [0.1, 0.15) is 0 Å². The maximum atomic E-state index is 6.99. The second-order valence-electron chi connectivity index (χ2n) is 14.1. The van der Waals surface area contributed by atoms with Gasteiger partial charge >= 0.3 is 0 Å². The fourth-order valence-corrected chi connectivity index (χ4v) is 8.45. The van der Waals surface area contributed by atoms with Crippen molar-refractivity contribution < 1.29 is 4.42 Å². The topological polar surface area (TPSA) is 21.3 Å². The van der Waals surface area contributed by atoms with Gasteiger partial charge in [-0.05, 0) is 76.2 Å². The molecular formula is C52H34N2O. The number of anilines is 3. The Morgan fingerprint density at radius 3 is 1.67 bits per heavy atom. The van der Waals surface area contributed by atoms with Crippen molar-refractivity contribution in [1.29, 1.82) is 0 Å². The van der Waals surface area contributed by atoms with Crippen molar-refractivity contribution in [1.82, 2.24) is 4.57 Å². The van der Waals surface area contributed by atoms with Crippen LogP contribution in [0.15, 0.2) is 211 Å². The molecule has 0 fully saturated rings. The molecule has 2 heterocycles. The van der Waals surface area contributed by atoms with Gasteiger partial charge in [0.15, 0.2) is 0 Å². The van der Waals surface area contributed by atoms with Crippen molar-refractivity contribution >= 4 is 71.6 Å². The molecule has 0 aliphatic carbocycles. The maximum Gasteiger partial charge on any atom is 0.147 e. The summed E-state index contributed by atoms with van der Waals surface area (Å²) in [6.07, 6.45) is 0. The van der Waals surface area contributed by atoms with Gasteiger partial charge in [-0.25, -0.2) is 0 Å². The van der Waals surface area contributed by atoms with E-state index >= 15 is 0 Å². The summed E-state index contributed by atoms with van der Waals surface area (Å²) in [5.41, 5.74) is 13.0. The molecule has 0 aliphatic heterocycles. The molecule has 0 aliphatic rings. The first-order valence-corrected chi connectivity index (χ1v) is 18.8. The summed E-state index contributed by atoms with van der Waals surface area (Å²) in [5.74, 6) is 0. The quantitative estimate of drug-likeness (QED) is 0.172. The third-order valence-corrected chi connectivity index (χ3v) is 11.0. The van der Waals surface area contributed by atoms with E-state index in [1.807, 2.05) is 0 Å². The number of aromatic nitrogens is 1. The average Bonchev–Trinajstić information content (AvgIpc) is 3.81. The molecule has 0 bridgehead atoms. The van der Waals surface area contributed by atoms with Crippen LogP contribution >= 0.6 is 0 Å². The van der Waals surface area contributed by atoms with E-state index in [-0.39, 0.29) is 0 Å². The van der Waals surface area contributed by atoms with Crippen LogP contribution in [0.3, 0.4) is 0 Å². The lowest BCUT2D eigenvalue weighted by atomic mass is 10.0. The van der Waals surface area contributed by atoms with E-state index in [0.29, 0.717) is 0 Å². The summed E-state index contributed by atoms with van der Waals surface area (Å²) in [5, 5.41) is 6.80. The fourth-order valence-electron chi connectivity index (χ4n) is 8.45. The Bertz CT molecular complexity index is 3170. The van der Waals surface area contributed by atoms with Crippen LogP contribution in [-0.4, -0.2) is 4.57 Å². The van der Waals surface area contributed by atoms with Crippen molar-refractivity contribution in [2.75, 3.05) is 4.90 Å². The predicted octanol–water partition coefficient (Wildman–Crippen LogP) is 14.6. The molecule has 0 saturated carbocycles. The van der Waals surface area contributed by atoms with Gasteiger partial charge < -0.3 is 13.9 Å². The Labute approximate surface area is 318 Å². The van der Waals surface area contributed by atoms with Crippen LogP contribution < -0.4 is 4.90 Å². The van der Waals surface area contributed by atoms with E-state index in [4.69, 9.17) is 4.42 Å². The predicted molar refractivity (Wildman–Crippen MR) is 231 cm³/mol. The lowest BCUT2D eigenvalue weighted by molar-refractivity contribution is 0.673. The number of fused-ring (bicyclic) bond motifs is 8. The monoisotopic (exact) mass is 702 g/mol. The zero-order chi connectivity index (χ0) is 36.3. The number of para-hydroxylation sites is 2. The van der Waals surface area contributed by atoms with E-state index in [1.54, 1.807) is 0 Å². The molecule has 0 radical (unpaired) electrons. The van der Waals surface area contributed by atoms with Crippen molar-refractivity contribution in [2.45, 2.75) is 0 Å². The Kier molecular flexibility index (Phi) is 7.17. The molecule has 9 aromatic carbocycles. The Morgan fingerprint density at radius 2 is 0.945 bits per heavy atom. The highest BCUT2D eigenvalue weighted by Crippen LogP contribution is 2.49. The van der Waals surface area contributed by atoms with Crippen LogP contribution in [0, 0.1) is 0 Å². The average molecular weight is 703 g/mol.